The molecule has 2 saturated heterocycles. The minimum absolute atomic E-state index is 0.0717. The first kappa shape index (κ1) is 32.5. The SMILES string of the molecule is CCC(C)n1ncn(-c2ccc(N3CCN(c4ccc(OC[C@@H]5CO[C@](Cc6ccnnc6)(c6ccc(C)cc6)O5)cc4)CC3)cc2)c1=O. The summed E-state index contributed by atoms with van der Waals surface area (Å²) in [6.07, 6.45) is 6.21. The van der Waals surface area contributed by atoms with Gasteiger partial charge >= 0.3 is 5.69 Å². The van der Waals surface area contributed by atoms with Crippen molar-refractivity contribution in [1.82, 2.24) is 24.5 Å². The number of aromatic nitrogens is 5. The number of hydrogen-bond donors (Lipinski definition) is 0. The Labute approximate surface area is 286 Å². The van der Waals surface area contributed by atoms with Gasteiger partial charge in [0.05, 0.1) is 24.5 Å². The maximum Gasteiger partial charge on any atom is 0.350 e. The molecular formula is C38H43N7O4. The summed E-state index contributed by atoms with van der Waals surface area (Å²) < 4.78 is 22.3. The van der Waals surface area contributed by atoms with Crippen molar-refractivity contribution in [2.24, 2.45) is 0 Å². The average molecular weight is 662 g/mol. The van der Waals surface area contributed by atoms with Crippen molar-refractivity contribution < 1.29 is 14.2 Å². The van der Waals surface area contributed by atoms with Crippen molar-refractivity contribution in [3.8, 4) is 11.4 Å². The van der Waals surface area contributed by atoms with Crippen LogP contribution in [0.3, 0.4) is 0 Å². The molecule has 11 heteroatoms. The van der Waals surface area contributed by atoms with Crippen LogP contribution >= 0.6 is 0 Å². The molecule has 254 valence electrons. The van der Waals surface area contributed by atoms with Crippen LogP contribution in [0.4, 0.5) is 11.4 Å². The summed E-state index contributed by atoms with van der Waals surface area (Å²) in [5, 5.41) is 12.3. The van der Waals surface area contributed by atoms with Crippen molar-refractivity contribution in [2.75, 3.05) is 49.2 Å². The molecule has 0 N–H and O–H groups in total. The number of anilines is 2. The van der Waals surface area contributed by atoms with E-state index in [1.54, 1.807) is 28.0 Å². The Morgan fingerprint density at radius 3 is 2.16 bits per heavy atom. The second kappa shape index (κ2) is 14.2. The van der Waals surface area contributed by atoms with Crippen LogP contribution in [0.15, 0.2) is 102 Å². The Hall–Kier alpha value is -5.00. The van der Waals surface area contributed by atoms with E-state index in [0.717, 1.165) is 60.9 Å². The Kier molecular flexibility index (Phi) is 9.45. The number of aryl methyl sites for hydroxylation is 1. The summed E-state index contributed by atoms with van der Waals surface area (Å²) in [5.41, 5.74) is 6.18. The quantitative estimate of drug-likeness (QED) is 0.186. The summed E-state index contributed by atoms with van der Waals surface area (Å²) in [6.45, 7) is 10.6. The van der Waals surface area contributed by atoms with E-state index in [1.165, 1.54) is 11.3 Å². The molecular weight excluding hydrogens is 618 g/mol. The molecule has 2 aliphatic rings. The number of nitrogens with zero attached hydrogens (tertiary/aromatic N) is 7. The molecule has 3 aromatic carbocycles. The summed E-state index contributed by atoms with van der Waals surface area (Å²) >= 11 is 0. The highest BCUT2D eigenvalue weighted by Gasteiger charge is 2.43. The van der Waals surface area contributed by atoms with E-state index in [1.807, 2.05) is 37.3 Å². The van der Waals surface area contributed by atoms with E-state index >= 15 is 0 Å². The summed E-state index contributed by atoms with van der Waals surface area (Å²) in [5.74, 6) is -0.110. The van der Waals surface area contributed by atoms with Crippen LogP contribution in [0, 0.1) is 6.92 Å². The maximum absolute atomic E-state index is 12.8. The third kappa shape index (κ3) is 7.09. The van der Waals surface area contributed by atoms with E-state index in [2.05, 4.69) is 87.5 Å². The predicted molar refractivity (Wildman–Crippen MR) is 189 cm³/mol. The van der Waals surface area contributed by atoms with Gasteiger partial charge in [0, 0.05) is 55.7 Å². The van der Waals surface area contributed by atoms with Crippen LogP contribution in [0.2, 0.25) is 0 Å². The van der Waals surface area contributed by atoms with Gasteiger partial charge in [-0.1, -0.05) is 36.8 Å². The first-order valence-electron chi connectivity index (χ1n) is 17.0. The number of hydrogen-bond acceptors (Lipinski definition) is 9. The lowest BCUT2D eigenvalue weighted by Crippen LogP contribution is -2.46. The van der Waals surface area contributed by atoms with Crippen LogP contribution in [0.25, 0.3) is 5.69 Å². The highest BCUT2D eigenvalue weighted by molar-refractivity contribution is 5.54. The maximum atomic E-state index is 12.8. The van der Waals surface area contributed by atoms with E-state index in [-0.39, 0.29) is 17.8 Å². The van der Waals surface area contributed by atoms with Gasteiger partial charge in [0.1, 0.15) is 24.8 Å². The summed E-state index contributed by atoms with van der Waals surface area (Å²) in [4.78, 5) is 17.6. The van der Waals surface area contributed by atoms with E-state index in [9.17, 15) is 4.79 Å². The largest absolute Gasteiger partial charge is 0.491 e. The Morgan fingerprint density at radius 1 is 0.878 bits per heavy atom. The lowest BCUT2D eigenvalue weighted by atomic mass is 9.98. The first-order valence-corrected chi connectivity index (χ1v) is 17.0. The molecule has 0 radical (unpaired) electrons. The molecule has 5 aromatic rings. The number of ether oxygens (including phenoxy) is 3. The van der Waals surface area contributed by atoms with Crippen LogP contribution in [-0.4, -0.2) is 70.0 Å². The first-order chi connectivity index (χ1) is 23.9. The van der Waals surface area contributed by atoms with Crippen LogP contribution in [0.5, 0.6) is 5.75 Å². The van der Waals surface area contributed by atoms with Gasteiger partial charge in [-0.05, 0) is 80.4 Å². The second-order valence-corrected chi connectivity index (χ2v) is 12.9. The zero-order chi connectivity index (χ0) is 33.8. The molecule has 2 aliphatic heterocycles. The van der Waals surface area contributed by atoms with E-state index in [0.29, 0.717) is 19.6 Å². The minimum atomic E-state index is -0.907. The number of piperazine rings is 1. The smallest absolute Gasteiger partial charge is 0.350 e. The number of benzene rings is 3. The van der Waals surface area contributed by atoms with Gasteiger partial charge in [-0.3, -0.25) is 0 Å². The highest BCUT2D eigenvalue weighted by atomic mass is 16.8. The molecule has 4 heterocycles. The molecule has 0 amide bonds. The van der Waals surface area contributed by atoms with Gasteiger partial charge in [-0.2, -0.15) is 15.3 Å². The third-order valence-corrected chi connectivity index (χ3v) is 9.55. The topological polar surface area (TPSA) is 99.8 Å². The van der Waals surface area contributed by atoms with Crippen molar-refractivity contribution in [2.45, 2.75) is 51.5 Å². The zero-order valence-electron chi connectivity index (χ0n) is 28.3. The third-order valence-electron chi connectivity index (χ3n) is 9.55. The Balaban J connectivity index is 0.920. The van der Waals surface area contributed by atoms with Gasteiger partial charge < -0.3 is 24.0 Å². The van der Waals surface area contributed by atoms with Crippen LogP contribution in [0.1, 0.15) is 43.0 Å². The van der Waals surface area contributed by atoms with Crippen molar-refractivity contribution in [3.63, 3.8) is 0 Å². The fourth-order valence-corrected chi connectivity index (χ4v) is 6.45. The monoisotopic (exact) mass is 661 g/mol. The zero-order valence-corrected chi connectivity index (χ0v) is 28.3. The Morgan fingerprint density at radius 2 is 1.53 bits per heavy atom. The van der Waals surface area contributed by atoms with Gasteiger partial charge in [0.25, 0.3) is 0 Å². The van der Waals surface area contributed by atoms with E-state index < -0.39 is 5.79 Å². The lowest BCUT2D eigenvalue weighted by molar-refractivity contribution is -0.178. The number of rotatable bonds is 11. The molecule has 0 spiro atoms. The fraction of sp³-hybridized carbons (Fsp3) is 0.368. The van der Waals surface area contributed by atoms with Crippen LogP contribution < -0.4 is 20.2 Å². The van der Waals surface area contributed by atoms with Crippen molar-refractivity contribution in [1.29, 1.82) is 0 Å². The standard InChI is InChI=1S/C38H43N7O4/c1-4-29(3)45-37(46)44(27-41-45)34-11-9-32(10-12-34)42-19-21-43(22-20-42)33-13-15-35(16-14-33)47-25-36-26-48-38(49-36,23-30-17-18-39-40-24-30)31-7-5-28(2)6-8-31/h5-18,24,27,29,36H,4,19-23,25-26H2,1-3H3/t29?,36-,38+/m1/s1. The molecule has 11 nitrogen and oxygen atoms in total. The van der Waals surface area contributed by atoms with Crippen molar-refractivity contribution >= 4 is 11.4 Å². The minimum Gasteiger partial charge on any atom is -0.491 e. The second-order valence-electron chi connectivity index (χ2n) is 12.9. The molecule has 2 aromatic heterocycles. The molecule has 0 bridgehead atoms. The van der Waals surface area contributed by atoms with Gasteiger partial charge in [0.15, 0.2) is 5.79 Å². The molecule has 49 heavy (non-hydrogen) atoms. The lowest BCUT2D eigenvalue weighted by Gasteiger charge is -2.37. The molecule has 0 aliphatic carbocycles. The highest BCUT2D eigenvalue weighted by Crippen LogP contribution is 2.38. The average Bonchev–Trinajstić information content (AvgIpc) is 3.75. The molecule has 7 rings (SSSR count). The summed E-state index contributed by atoms with van der Waals surface area (Å²) in [6, 6.07) is 26.8. The molecule has 3 atom stereocenters. The van der Waals surface area contributed by atoms with Gasteiger partial charge in [-0.15, -0.1) is 0 Å². The fourth-order valence-electron chi connectivity index (χ4n) is 6.45. The molecule has 2 fully saturated rings. The van der Waals surface area contributed by atoms with Crippen molar-refractivity contribution in [3.05, 3.63) is 125 Å². The predicted octanol–water partition coefficient (Wildman–Crippen LogP) is 5.32. The molecule has 0 saturated carbocycles. The Bertz CT molecular complexity index is 1870. The van der Waals surface area contributed by atoms with Gasteiger partial charge in [-0.25, -0.2) is 14.0 Å². The van der Waals surface area contributed by atoms with Gasteiger partial charge in [0.2, 0.25) is 0 Å². The van der Waals surface area contributed by atoms with E-state index in [4.69, 9.17) is 14.2 Å². The summed E-state index contributed by atoms with van der Waals surface area (Å²) in [7, 11) is 0. The molecule has 1 unspecified atom stereocenters. The van der Waals surface area contributed by atoms with Crippen LogP contribution in [-0.2, 0) is 21.7 Å². The normalized spacial score (nSPS) is 20.0.